The molecule has 166 valence electrons. The van der Waals surface area contributed by atoms with E-state index in [-0.39, 0.29) is 18.5 Å². The largest absolute Gasteiger partial charge is 0.390 e. The smallest absolute Gasteiger partial charge is 0.270 e. The van der Waals surface area contributed by atoms with Crippen LogP contribution in [0.25, 0.3) is 0 Å². The molecule has 2 heterocycles. The number of carbonyl (C=O) groups excluding carboxylic acids is 1. The van der Waals surface area contributed by atoms with Crippen LogP contribution in [0.4, 0.5) is 5.82 Å². The van der Waals surface area contributed by atoms with Crippen molar-refractivity contribution < 1.29 is 9.90 Å². The minimum absolute atomic E-state index is 0.185. The van der Waals surface area contributed by atoms with Crippen LogP contribution < -0.4 is 16.4 Å². The van der Waals surface area contributed by atoms with Crippen LogP contribution >= 0.6 is 0 Å². The van der Waals surface area contributed by atoms with Crippen LogP contribution in [-0.4, -0.2) is 63.7 Å². The van der Waals surface area contributed by atoms with Gasteiger partial charge in [0.2, 0.25) is 0 Å². The van der Waals surface area contributed by atoms with Crippen molar-refractivity contribution in [2.45, 2.75) is 56.8 Å². The standard InChI is InChI=1S/C23H32N6O2/c24-18-5-7-19(8-6-18)28-22-11-21(26-15-27-22)23(31)25-12-20(30)14-29-10-9-16-3-1-2-4-17(16)13-29/h1-4,11,15,18-20,30H,5-10,12-14,24H2,(H,25,31)(H,26,27,28)/t18-,19+,20-/m0/s1. The van der Waals surface area contributed by atoms with Gasteiger partial charge < -0.3 is 21.5 Å². The molecule has 1 atom stereocenters. The van der Waals surface area contributed by atoms with Crippen LogP contribution in [0.5, 0.6) is 0 Å². The molecule has 4 rings (SSSR count). The molecule has 0 unspecified atom stereocenters. The van der Waals surface area contributed by atoms with E-state index in [2.05, 4.69) is 43.7 Å². The number of β-amino-alcohol motifs (C(OH)–C–C–N with tert-alkyl or cyclic N) is 1. The third-order valence-electron chi connectivity index (χ3n) is 6.20. The molecule has 0 saturated heterocycles. The maximum Gasteiger partial charge on any atom is 0.270 e. The maximum absolute atomic E-state index is 12.5. The first-order valence-corrected chi connectivity index (χ1v) is 11.2. The molecule has 8 nitrogen and oxygen atoms in total. The van der Waals surface area contributed by atoms with Crippen molar-refractivity contribution in [1.29, 1.82) is 0 Å². The lowest BCUT2D eigenvalue weighted by Crippen LogP contribution is -2.42. The average Bonchev–Trinajstić information content (AvgIpc) is 2.79. The van der Waals surface area contributed by atoms with Gasteiger partial charge in [0.25, 0.3) is 5.91 Å². The molecule has 31 heavy (non-hydrogen) atoms. The van der Waals surface area contributed by atoms with E-state index in [0.29, 0.717) is 24.1 Å². The van der Waals surface area contributed by atoms with Gasteiger partial charge in [0.05, 0.1) is 6.10 Å². The number of carbonyl (C=O) groups is 1. The van der Waals surface area contributed by atoms with E-state index in [1.54, 1.807) is 6.07 Å². The van der Waals surface area contributed by atoms with E-state index in [0.717, 1.165) is 45.2 Å². The Morgan fingerprint density at radius 3 is 2.77 bits per heavy atom. The van der Waals surface area contributed by atoms with Crippen molar-refractivity contribution in [2.24, 2.45) is 5.73 Å². The fraction of sp³-hybridized carbons (Fsp3) is 0.522. The van der Waals surface area contributed by atoms with Crippen molar-refractivity contribution in [3.63, 3.8) is 0 Å². The fourth-order valence-corrected chi connectivity index (χ4v) is 4.41. The van der Waals surface area contributed by atoms with Gasteiger partial charge in [0.15, 0.2) is 0 Å². The molecule has 0 bridgehead atoms. The predicted octanol–water partition coefficient (Wildman–Crippen LogP) is 1.31. The highest BCUT2D eigenvalue weighted by atomic mass is 16.3. The van der Waals surface area contributed by atoms with Gasteiger partial charge in [0, 0.05) is 44.3 Å². The first-order chi connectivity index (χ1) is 15.1. The van der Waals surface area contributed by atoms with Crippen LogP contribution in [0.1, 0.15) is 47.3 Å². The number of amides is 1. The predicted molar refractivity (Wildman–Crippen MR) is 120 cm³/mol. The zero-order valence-corrected chi connectivity index (χ0v) is 17.8. The Morgan fingerprint density at radius 2 is 1.97 bits per heavy atom. The lowest BCUT2D eigenvalue weighted by atomic mass is 9.92. The quantitative estimate of drug-likeness (QED) is 0.529. The summed E-state index contributed by atoms with van der Waals surface area (Å²) in [6.07, 6.45) is 5.74. The zero-order valence-electron chi connectivity index (χ0n) is 17.8. The molecule has 1 aromatic carbocycles. The third-order valence-corrected chi connectivity index (χ3v) is 6.20. The summed E-state index contributed by atoms with van der Waals surface area (Å²) >= 11 is 0. The zero-order chi connectivity index (χ0) is 21.6. The molecular formula is C23H32N6O2. The van der Waals surface area contributed by atoms with Gasteiger partial charge >= 0.3 is 0 Å². The normalized spacial score (nSPS) is 22.4. The second-order valence-electron chi connectivity index (χ2n) is 8.66. The van der Waals surface area contributed by atoms with Crippen LogP contribution in [0.2, 0.25) is 0 Å². The highest BCUT2D eigenvalue weighted by Gasteiger charge is 2.21. The van der Waals surface area contributed by atoms with Gasteiger partial charge in [-0.15, -0.1) is 0 Å². The first-order valence-electron chi connectivity index (χ1n) is 11.2. The number of benzene rings is 1. The molecule has 2 aromatic rings. The number of nitrogens with one attached hydrogen (secondary N) is 2. The molecule has 5 N–H and O–H groups in total. The molecule has 0 spiro atoms. The summed E-state index contributed by atoms with van der Waals surface area (Å²) in [5.41, 5.74) is 8.95. The SMILES string of the molecule is N[C@H]1CC[C@@H](Nc2cc(C(=O)NC[C@H](O)CN3CCc4ccccc4C3)ncn2)CC1. The Balaban J connectivity index is 1.24. The molecule has 2 aliphatic rings. The fourth-order valence-electron chi connectivity index (χ4n) is 4.41. The minimum Gasteiger partial charge on any atom is -0.390 e. The van der Waals surface area contributed by atoms with Crippen LogP contribution in [0.15, 0.2) is 36.7 Å². The van der Waals surface area contributed by atoms with E-state index >= 15 is 0 Å². The second kappa shape index (κ2) is 10.2. The maximum atomic E-state index is 12.5. The molecule has 1 amide bonds. The summed E-state index contributed by atoms with van der Waals surface area (Å²) in [4.78, 5) is 23.1. The van der Waals surface area contributed by atoms with Crippen LogP contribution in [0.3, 0.4) is 0 Å². The summed E-state index contributed by atoms with van der Waals surface area (Å²) < 4.78 is 0. The number of anilines is 1. The molecule has 1 aromatic heterocycles. The summed E-state index contributed by atoms with van der Waals surface area (Å²) in [7, 11) is 0. The lowest BCUT2D eigenvalue weighted by Gasteiger charge is -2.30. The van der Waals surface area contributed by atoms with E-state index < -0.39 is 6.10 Å². The number of hydrogen-bond donors (Lipinski definition) is 4. The number of rotatable bonds is 7. The second-order valence-corrected chi connectivity index (χ2v) is 8.66. The number of aromatic nitrogens is 2. The van der Waals surface area contributed by atoms with Crippen molar-refractivity contribution in [1.82, 2.24) is 20.2 Å². The molecule has 1 aliphatic carbocycles. The third kappa shape index (κ3) is 6.00. The Bertz CT molecular complexity index is 884. The molecule has 8 heteroatoms. The topological polar surface area (TPSA) is 116 Å². The first kappa shape index (κ1) is 21.7. The Labute approximate surface area is 183 Å². The highest BCUT2D eigenvalue weighted by molar-refractivity contribution is 5.92. The molecule has 0 radical (unpaired) electrons. The van der Waals surface area contributed by atoms with Crippen LogP contribution in [0, 0.1) is 0 Å². The average molecular weight is 425 g/mol. The summed E-state index contributed by atoms with van der Waals surface area (Å²) in [5, 5.41) is 16.6. The van der Waals surface area contributed by atoms with Gasteiger partial charge in [-0.1, -0.05) is 24.3 Å². The Hall–Kier alpha value is -2.55. The van der Waals surface area contributed by atoms with Gasteiger partial charge in [-0.05, 0) is 43.2 Å². The molecular weight excluding hydrogens is 392 g/mol. The Morgan fingerprint density at radius 1 is 1.19 bits per heavy atom. The molecule has 1 aliphatic heterocycles. The molecule has 1 saturated carbocycles. The summed E-state index contributed by atoms with van der Waals surface area (Å²) in [6, 6.07) is 10.7. The monoisotopic (exact) mass is 424 g/mol. The number of fused-ring (bicyclic) bond motifs is 1. The van der Waals surface area contributed by atoms with E-state index in [4.69, 9.17) is 5.73 Å². The number of nitrogens with two attached hydrogens (primary N) is 1. The lowest BCUT2D eigenvalue weighted by molar-refractivity contribution is 0.0838. The van der Waals surface area contributed by atoms with Crippen molar-refractivity contribution in [3.05, 3.63) is 53.5 Å². The van der Waals surface area contributed by atoms with Crippen molar-refractivity contribution >= 4 is 11.7 Å². The Kier molecular flexibility index (Phi) is 7.11. The van der Waals surface area contributed by atoms with E-state index in [1.807, 2.05) is 6.07 Å². The number of aliphatic hydroxyl groups is 1. The van der Waals surface area contributed by atoms with E-state index in [9.17, 15) is 9.90 Å². The number of nitrogens with zero attached hydrogens (tertiary/aromatic N) is 3. The van der Waals surface area contributed by atoms with Gasteiger partial charge in [-0.3, -0.25) is 9.69 Å². The van der Waals surface area contributed by atoms with Gasteiger partial charge in [-0.2, -0.15) is 0 Å². The molecule has 1 fully saturated rings. The van der Waals surface area contributed by atoms with E-state index in [1.165, 1.54) is 17.5 Å². The van der Waals surface area contributed by atoms with Gasteiger partial charge in [0.1, 0.15) is 17.8 Å². The summed E-state index contributed by atoms with van der Waals surface area (Å²) in [5.74, 6) is 0.340. The van der Waals surface area contributed by atoms with Crippen molar-refractivity contribution in [3.8, 4) is 0 Å². The number of aliphatic hydroxyl groups excluding tert-OH is 1. The number of hydrogen-bond acceptors (Lipinski definition) is 7. The van der Waals surface area contributed by atoms with Crippen molar-refractivity contribution in [2.75, 3.05) is 25.0 Å². The minimum atomic E-state index is -0.639. The van der Waals surface area contributed by atoms with Crippen LogP contribution in [-0.2, 0) is 13.0 Å². The highest BCUT2D eigenvalue weighted by Crippen LogP contribution is 2.21. The van der Waals surface area contributed by atoms with Gasteiger partial charge in [-0.25, -0.2) is 9.97 Å². The summed E-state index contributed by atoms with van der Waals surface area (Å²) in [6.45, 7) is 2.45.